The summed E-state index contributed by atoms with van der Waals surface area (Å²) in [5, 5.41) is 4.59. The van der Waals surface area contributed by atoms with Crippen LogP contribution in [0, 0.1) is 5.82 Å². The van der Waals surface area contributed by atoms with Crippen molar-refractivity contribution >= 4 is 23.1 Å². The van der Waals surface area contributed by atoms with E-state index in [1.54, 1.807) is 36.5 Å². The van der Waals surface area contributed by atoms with Gasteiger partial charge in [-0.3, -0.25) is 4.79 Å². The molecule has 1 aliphatic heterocycles. The average Bonchev–Trinajstić information content (AvgIpc) is 3.41. The second-order valence-electron chi connectivity index (χ2n) is 6.57. The lowest BCUT2D eigenvalue weighted by molar-refractivity contribution is 0.0679. The van der Waals surface area contributed by atoms with Crippen LogP contribution < -0.4 is 10.1 Å². The van der Waals surface area contributed by atoms with Crippen LogP contribution in [0.15, 0.2) is 54.0 Å². The summed E-state index contributed by atoms with van der Waals surface area (Å²) in [6.45, 7) is 1.32. The Morgan fingerprint density at radius 2 is 2.11 bits per heavy atom. The van der Waals surface area contributed by atoms with Gasteiger partial charge in [-0.15, -0.1) is 0 Å². The molecule has 0 saturated carbocycles. The molecule has 0 radical (unpaired) electrons. The molecule has 144 valence electrons. The lowest BCUT2D eigenvalue weighted by Gasteiger charge is -2.12. The fourth-order valence-corrected chi connectivity index (χ4v) is 3.58. The van der Waals surface area contributed by atoms with Gasteiger partial charge < -0.3 is 14.8 Å². The molecule has 7 heteroatoms. The highest BCUT2D eigenvalue weighted by Crippen LogP contribution is 2.24. The van der Waals surface area contributed by atoms with Gasteiger partial charge in [0.15, 0.2) is 0 Å². The predicted octanol–water partition coefficient (Wildman–Crippen LogP) is 4.76. The van der Waals surface area contributed by atoms with Gasteiger partial charge in [0.1, 0.15) is 18.2 Å². The first kappa shape index (κ1) is 18.6. The Morgan fingerprint density at radius 1 is 1.25 bits per heavy atom. The summed E-state index contributed by atoms with van der Waals surface area (Å²) >= 11 is 1.28. The van der Waals surface area contributed by atoms with E-state index < -0.39 is 5.82 Å². The minimum absolute atomic E-state index is 0.153. The molecule has 0 aliphatic carbocycles. The molecule has 1 amide bonds. The number of aromatic nitrogens is 1. The maximum absolute atomic E-state index is 14.0. The van der Waals surface area contributed by atoms with Crippen LogP contribution in [0.2, 0.25) is 0 Å². The molecule has 1 unspecified atom stereocenters. The Bertz CT molecular complexity index is 939. The molecule has 4 rings (SSSR count). The number of nitrogens with one attached hydrogen (secondary N) is 1. The van der Waals surface area contributed by atoms with Gasteiger partial charge in [0.2, 0.25) is 0 Å². The van der Waals surface area contributed by atoms with E-state index in [4.69, 9.17) is 9.47 Å². The third kappa shape index (κ3) is 4.55. The number of benzene rings is 2. The molecule has 3 aromatic rings. The molecule has 2 aromatic carbocycles. The van der Waals surface area contributed by atoms with Crippen molar-refractivity contribution in [3.63, 3.8) is 0 Å². The number of anilines is 1. The normalized spacial score (nSPS) is 16.1. The van der Waals surface area contributed by atoms with E-state index in [9.17, 15) is 9.18 Å². The molecule has 0 spiro atoms. The number of halogens is 1. The Hall–Kier alpha value is -2.77. The van der Waals surface area contributed by atoms with Gasteiger partial charge >= 0.3 is 0 Å². The van der Waals surface area contributed by atoms with Gasteiger partial charge in [0.25, 0.3) is 5.91 Å². The summed E-state index contributed by atoms with van der Waals surface area (Å²) in [6, 6.07) is 11.4. The van der Waals surface area contributed by atoms with Crippen LogP contribution >= 0.6 is 11.5 Å². The highest BCUT2D eigenvalue weighted by molar-refractivity contribution is 7.03. The molecule has 1 aromatic heterocycles. The van der Waals surface area contributed by atoms with Crippen molar-refractivity contribution in [3.05, 3.63) is 65.4 Å². The first-order valence-corrected chi connectivity index (χ1v) is 9.87. The summed E-state index contributed by atoms with van der Waals surface area (Å²) in [6.07, 6.45) is 3.89. The number of carbonyl (C=O) groups is 1. The zero-order valence-electron chi connectivity index (χ0n) is 15.1. The fraction of sp³-hybridized carbons (Fsp3) is 0.238. The number of ether oxygens (including phenoxy) is 2. The lowest BCUT2D eigenvalue weighted by Crippen LogP contribution is -2.16. The summed E-state index contributed by atoms with van der Waals surface area (Å²) in [7, 11) is 0. The molecule has 1 saturated heterocycles. The van der Waals surface area contributed by atoms with Crippen LogP contribution in [0.1, 0.15) is 23.2 Å². The predicted molar refractivity (Wildman–Crippen MR) is 106 cm³/mol. The lowest BCUT2D eigenvalue weighted by atomic mass is 10.1. The Balaban J connectivity index is 1.40. The molecule has 1 aliphatic rings. The second-order valence-corrected chi connectivity index (χ2v) is 7.22. The van der Waals surface area contributed by atoms with Crippen LogP contribution in [-0.2, 0) is 4.74 Å². The molecular weight excluding hydrogens is 379 g/mol. The van der Waals surface area contributed by atoms with Gasteiger partial charge in [-0.25, -0.2) is 8.76 Å². The largest absolute Gasteiger partial charge is 0.491 e. The van der Waals surface area contributed by atoms with E-state index in [-0.39, 0.29) is 17.6 Å². The van der Waals surface area contributed by atoms with Crippen molar-refractivity contribution in [1.29, 1.82) is 0 Å². The molecule has 2 heterocycles. The Morgan fingerprint density at radius 3 is 2.82 bits per heavy atom. The van der Waals surface area contributed by atoms with Crippen molar-refractivity contribution in [2.24, 2.45) is 0 Å². The number of nitrogens with zero attached hydrogens (tertiary/aromatic N) is 1. The second kappa shape index (κ2) is 8.50. The first-order chi connectivity index (χ1) is 13.7. The van der Waals surface area contributed by atoms with E-state index in [0.717, 1.165) is 25.0 Å². The van der Waals surface area contributed by atoms with Gasteiger partial charge in [-0.2, -0.15) is 0 Å². The monoisotopic (exact) mass is 398 g/mol. The van der Waals surface area contributed by atoms with Crippen molar-refractivity contribution in [2.75, 3.05) is 18.5 Å². The zero-order valence-corrected chi connectivity index (χ0v) is 15.9. The average molecular weight is 398 g/mol. The van der Waals surface area contributed by atoms with E-state index in [2.05, 4.69) is 9.69 Å². The summed E-state index contributed by atoms with van der Waals surface area (Å²) in [5.41, 5.74) is 2.26. The van der Waals surface area contributed by atoms with E-state index in [1.807, 2.05) is 5.38 Å². The molecule has 1 N–H and O–H groups in total. The van der Waals surface area contributed by atoms with Gasteiger partial charge in [0.05, 0.1) is 6.10 Å². The summed E-state index contributed by atoms with van der Waals surface area (Å²) in [4.78, 5) is 12.5. The number of carbonyl (C=O) groups excluding carboxylic acids is 1. The van der Waals surface area contributed by atoms with Crippen molar-refractivity contribution in [2.45, 2.75) is 18.9 Å². The zero-order chi connectivity index (χ0) is 19.3. The molecule has 1 fully saturated rings. The molecule has 1 atom stereocenters. The maximum atomic E-state index is 14.0. The highest BCUT2D eigenvalue weighted by Gasteiger charge is 2.16. The SMILES string of the molecule is O=C(Nc1ccc(OCC2CCCO2)cc1)c1cc(F)cc(-c2cnsc2)c1. The Kier molecular flexibility index (Phi) is 5.64. The van der Waals surface area contributed by atoms with Crippen LogP contribution in [0.4, 0.5) is 10.1 Å². The van der Waals surface area contributed by atoms with Gasteiger partial charge in [-0.05, 0) is 72.4 Å². The smallest absolute Gasteiger partial charge is 0.255 e. The standard InChI is InChI=1S/C21H19FN2O3S/c22-17-9-14(16-11-23-28-13-16)8-15(10-17)21(25)24-18-3-5-19(6-4-18)27-12-20-2-1-7-26-20/h3-6,8-11,13,20H,1-2,7,12H2,(H,24,25). The van der Waals surface area contributed by atoms with Crippen molar-refractivity contribution in [1.82, 2.24) is 4.37 Å². The van der Waals surface area contributed by atoms with E-state index >= 15 is 0 Å². The van der Waals surface area contributed by atoms with Crippen LogP contribution in [-0.4, -0.2) is 29.6 Å². The Labute approximate surface area is 166 Å². The van der Waals surface area contributed by atoms with Crippen LogP contribution in [0.3, 0.4) is 0 Å². The van der Waals surface area contributed by atoms with Crippen molar-refractivity contribution in [3.8, 4) is 16.9 Å². The quantitative estimate of drug-likeness (QED) is 0.650. The fourth-order valence-electron chi connectivity index (χ4n) is 3.04. The molecule has 5 nitrogen and oxygen atoms in total. The molecular formula is C21H19FN2O3S. The number of rotatable bonds is 6. The van der Waals surface area contributed by atoms with Crippen molar-refractivity contribution < 1.29 is 18.7 Å². The first-order valence-electron chi connectivity index (χ1n) is 9.03. The highest BCUT2D eigenvalue weighted by atomic mass is 32.1. The molecule has 28 heavy (non-hydrogen) atoms. The van der Waals surface area contributed by atoms with E-state index in [0.29, 0.717) is 23.6 Å². The molecule has 0 bridgehead atoms. The minimum atomic E-state index is -0.466. The number of hydrogen-bond acceptors (Lipinski definition) is 5. The maximum Gasteiger partial charge on any atom is 0.255 e. The van der Waals surface area contributed by atoms with Crippen LogP contribution in [0.5, 0.6) is 5.75 Å². The van der Waals surface area contributed by atoms with Crippen LogP contribution in [0.25, 0.3) is 11.1 Å². The number of hydrogen-bond donors (Lipinski definition) is 1. The third-order valence-electron chi connectivity index (χ3n) is 4.50. The topological polar surface area (TPSA) is 60.5 Å². The summed E-state index contributed by atoms with van der Waals surface area (Å²) < 4.78 is 29.2. The van der Waals surface area contributed by atoms with Gasteiger partial charge in [-0.1, -0.05) is 0 Å². The summed E-state index contributed by atoms with van der Waals surface area (Å²) in [5.74, 6) is -0.129. The van der Waals surface area contributed by atoms with Gasteiger partial charge in [0, 0.05) is 35.0 Å². The number of amides is 1. The third-order valence-corrected chi connectivity index (χ3v) is 5.08. The minimum Gasteiger partial charge on any atom is -0.491 e. The van der Waals surface area contributed by atoms with E-state index in [1.165, 1.54) is 23.7 Å².